The average molecular weight is 296 g/mol. The Morgan fingerprint density at radius 2 is 2.00 bits per heavy atom. The summed E-state index contributed by atoms with van der Waals surface area (Å²) in [4.78, 5) is 3.98. The van der Waals surface area contributed by atoms with E-state index in [0.717, 1.165) is 4.47 Å². The quantitative estimate of drug-likeness (QED) is 0.895. The van der Waals surface area contributed by atoms with Gasteiger partial charge in [-0.25, -0.2) is 4.39 Å². The van der Waals surface area contributed by atoms with E-state index in [-0.39, 0.29) is 5.82 Å². The molecule has 1 aromatic carbocycles. The number of hydrogen-bond donors (Lipinski definition) is 2. The molecule has 0 aliphatic rings. The second-order valence-electron chi connectivity index (χ2n) is 3.65. The van der Waals surface area contributed by atoms with Gasteiger partial charge in [-0.15, -0.1) is 0 Å². The van der Waals surface area contributed by atoms with Crippen molar-refractivity contribution in [3.8, 4) is 0 Å². The number of anilines is 1. The van der Waals surface area contributed by atoms with Crippen LogP contribution in [-0.2, 0) is 0 Å². The number of nitrogen functional groups attached to an aromatic ring is 1. The third-order valence-electron chi connectivity index (χ3n) is 2.52. The van der Waals surface area contributed by atoms with E-state index in [0.29, 0.717) is 16.8 Å². The number of nitrogens with zero attached hydrogens (tertiary/aromatic N) is 1. The summed E-state index contributed by atoms with van der Waals surface area (Å²) in [5.41, 5.74) is 13.8. The summed E-state index contributed by atoms with van der Waals surface area (Å²) in [7, 11) is 0. The number of rotatable bonds is 2. The van der Waals surface area contributed by atoms with Gasteiger partial charge in [0.15, 0.2) is 0 Å². The van der Waals surface area contributed by atoms with E-state index < -0.39 is 6.04 Å². The molecule has 4 N–H and O–H groups in total. The normalized spacial score (nSPS) is 12.4. The van der Waals surface area contributed by atoms with Crippen molar-refractivity contribution in [2.24, 2.45) is 5.73 Å². The van der Waals surface area contributed by atoms with Crippen molar-refractivity contribution in [3.05, 3.63) is 58.1 Å². The molecule has 0 spiro atoms. The van der Waals surface area contributed by atoms with Gasteiger partial charge >= 0.3 is 0 Å². The van der Waals surface area contributed by atoms with E-state index in [1.54, 1.807) is 24.5 Å². The summed E-state index contributed by atoms with van der Waals surface area (Å²) < 4.78 is 13.9. The number of pyridine rings is 1. The van der Waals surface area contributed by atoms with Crippen LogP contribution >= 0.6 is 15.9 Å². The van der Waals surface area contributed by atoms with Gasteiger partial charge in [0.25, 0.3) is 0 Å². The lowest BCUT2D eigenvalue weighted by atomic mass is 10.00. The van der Waals surface area contributed by atoms with Gasteiger partial charge in [0.2, 0.25) is 0 Å². The lowest BCUT2D eigenvalue weighted by Gasteiger charge is -2.15. The number of nitrogens with two attached hydrogens (primary N) is 2. The van der Waals surface area contributed by atoms with Gasteiger partial charge in [0, 0.05) is 28.1 Å². The van der Waals surface area contributed by atoms with Crippen molar-refractivity contribution in [3.63, 3.8) is 0 Å². The minimum Gasteiger partial charge on any atom is -0.398 e. The fourth-order valence-electron chi connectivity index (χ4n) is 1.60. The Labute approximate surface area is 107 Å². The molecule has 0 radical (unpaired) electrons. The highest BCUT2D eigenvalue weighted by atomic mass is 79.9. The SMILES string of the molecule is Nc1ccncc1C(N)c1cc(F)ccc1Br. The van der Waals surface area contributed by atoms with Crippen molar-refractivity contribution < 1.29 is 4.39 Å². The van der Waals surface area contributed by atoms with Gasteiger partial charge in [-0.3, -0.25) is 4.98 Å². The van der Waals surface area contributed by atoms with Crippen molar-refractivity contribution in [1.29, 1.82) is 0 Å². The van der Waals surface area contributed by atoms with Gasteiger partial charge in [0.1, 0.15) is 5.82 Å². The molecule has 1 heterocycles. The van der Waals surface area contributed by atoms with Gasteiger partial charge in [-0.05, 0) is 29.8 Å². The van der Waals surface area contributed by atoms with E-state index in [2.05, 4.69) is 20.9 Å². The Morgan fingerprint density at radius 3 is 2.71 bits per heavy atom. The van der Waals surface area contributed by atoms with Gasteiger partial charge in [0.05, 0.1) is 6.04 Å². The predicted molar refractivity (Wildman–Crippen MR) is 68.8 cm³/mol. The van der Waals surface area contributed by atoms with E-state index in [1.807, 2.05) is 0 Å². The summed E-state index contributed by atoms with van der Waals surface area (Å²) in [6.07, 6.45) is 3.18. The summed E-state index contributed by atoms with van der Waals surface area (Å²) in [6.45, 7) is 0. The van der Waals surface area contributed by atoms with Crippen LogP contribution in [0.5, 0.6) is 0 Å². The molecule has 0 aliphatic carbocycles. The third kappa shape index (κ3) is 2.45. The summed E-state index contributed by atoms with van der Waals surface area (Å²) in [6, 6.07) is 5.54. The molecule has 0 amide bonds. The number of benzene rings is 1. The zero-order chi connectivity index (χ0) is 12.4. The van der Waals surface area contributed by atoms with Crippen LogP contribution in [0, 0.1) is 5.82 Å². The summed E-state index contributed by atoms with van der Waals surface area (Å²) in [5.74, 6) is -0.332. The first kappa shape index (κ1) is 12.0. The van der Waals surface area contributed by atoms with Crippen LogP contribution in [-0.4, -0.2) is 4.98 Å². The van der Waals surface area contributed by atoms with Gasteiger partial charge < -0.3 is 11.5 Å². The Hall–Kier alpha value is -1.46. The fourth-order valence-corrected chi connectivity index (χ4v) is 2.09. The molecule has 0 bridgehead atoms. The molecule has 2 aromatic rings. The monoisotopic (exact) mass is 295 g/mol. The lowest BCUT2D eigenvalue weighted by Crippen LogP contribution is -2.15. The second kappa shape index (κ2) is 4.81. The van der Waals surface area contributed by atoms with Crippen molar-refractivity contribution in [1.82, 2.24) is 4.98 Å². The number of halogens is 2. The van der Waals surface area contributed by atoms with Crippen LogP contribution in [0.1, 0.15) is 17.2 Å². The zero-order valence-corrected chi connectivity index (χ0v) is 10.5. The smallest absolute Gasteiger partial charge is 0.123 e. The first-order chi connectivity index (χ1) is 8.09. The highest BCUT2D eigenvalue weighted by Gasteiger charge is 2.15. The first-order valence-corrected chi connectivity index (χ1v) is 5.79. The minimum absolute atomic E-state index is 0.332. The molecule has 0 saturated carbocycles. The maximum atomic E-state index is 13.2. The molecule has 5 heteroatoms. The Bertz CT molecular complexity index is 545. The van der Waals surface area contributed by atoms with Crippen LogP contribution in [0.4, 0.5) is 10.1 Å². The van der Waals surface area contributed by atoms with Crippen LogP contribution < -0.4 is 11.5 Å². The zero-order valence-electron chi connectivity index (χ0n) is 8.90. The second-order valence-corrected chi connectivity index (χ2v) is 4.50. The van der Waals surface area contributed by atoms with Crippen molar-refractivity contribution in [2.45, 2.75) is 6.04 Å². The topological polar surface area (TPSA) is 64.9 Å². The molecule has 88 valence electrons. The number of hydrogen-bond acceptors (Lipinski definition) is 3. The van der Waals surface area contributed by atoms with E-state index in [9.17, 15) is 4.39 Å². The van der Waals surface area contributed by atoms with Gasteiger partial charge in [-0.1, -0.05) is 15.9 Å². The third-order valence-corrected chi connectivity index (χ3v) is 3.24. The predicted octanol–water partition coefficient (Wildman–Crippen LogP) is 2.61. The Morgan fingerprint density at radius 1 is 1.24 bits per heavy atom. The Balaban J connectivity index is 2.47. The van der Waals surface area contributed by atoms with Crippen molar-refractivity contribution in [2.75, 3.05) is 5.73 Å². The standard InChI is InChI=1S/C12H11BrFN3/c13-10-2-1-7(14)5-8(10)12(16)9-6-17-4-3-11(9)15/h1-6,12H,16H2,(H2,15,17). The maximum absolute atomic E-state index is 13.2. The molecule has 0 aliphatic heterocycles. The molecular formula is C12H11BrFN3. The van der Waals surface area contributed by atoms with E-state index in [4.69, 9.17) is 11.5 Å². The maximum Gasteiger partial charge on any atom is 0.123 e. The van der Waals surface area contributed by atoms with Crippen LogP contribution in [0.2, 0.25) is 0 Å². The molecule has 1 atom stereocenters. The molecule has 17 heavy (non-hydrogen) atoms. The van der Waals surface area contributed by atoms with Crippen LogP contribution in [0.25, 0.3) is 0 Å². The molecule has 1 unspecified atom stereocenters. The first-order valence-electron chi connectivity index (χ1n) is 4.99. The molecule has 1 aromatic heterocycles. The Kier molecular flexibility index (Phi) is 3.40. The summed E-state index contributed by atoms with van der Waals surface area (Å²) in [5, 5.41) is 0. The highest BCUT2D eigenvalue weighted by molar-refractivity contribution is 9.10. The molecule has 2 rings (SSSR count). The van der Waals surface area contributed by atoms with E-state index >= 15 is 0 Å². The lowest BCUT2D eigenvalue weighted by molar-refractivity contribution is 0.623. The fraction of sp³-hybridized carbons (Fsp3) is 0.0833. The highest BCUT2D eigenvalue weighted by Crippen LogP contribution is 2.29. The number of aromatic nitrogens is 1. The molecule has 3 nitrogen and oxygen atoms in total. The average Bonchev–Trinajstić information content (AvgIpc) is 2.32. The van der Waals surface area contributed by atoms with Crippen LogP contribution in [0.3, 0.4) is 0 Å². The molecule has 0 saturated heterocycles. The minimum atomic E-state index is -0.506. The largest absolute Gasteiger partial charge is 0.398 e. The van der Waals surface area contributed by atoms with Gasteiger partial charge in [-0.2, -0.15) is 0 Å². The molecular weight excluding hydrogens is 285 g/mol. The summed E-state index contributed by atoms with van der Waals surface area (Å²) >= 11 is 3.35. The van der Waals surface area contributed by atoms with Crippen molar-refractivity contribution >= 4 is 21.6 Å². The van der Waals surface area contributed by atoms with E-state index in [1.165, 1.54) is 12.1 Å². The van der Waals surface area contributed by atoms with Crippen LogP contribution in [0.15, 0.2) is 41.1 Å². The molecule has 0 fully saturated rings.